The zero-order chi connectivity index (χ0) is 25.4. The van der Waals surface area contributed by atoms with E-state index in [1.165, 1.54) is 28.8 Å². The highest BCUT2D eigenvalue weighted by molar-refractivity contribution is 5.65. The van der Waals surface area contributed by atoms with Gasteiger partial charge >= 0.3 is 0 Å². The van der Waals surface area contributed by atoms with Gasteiger partial charge in [0.15, 0.2) is 0 Å². The Labute approximate surface area is 220 Å². The monoisotopic (exact) mass is 493 g/mol. The molecule has 4 unspecified atom stereocenters. The molecule has 2 fully saturated rings. The third-order valence-electron chi connectivity index (χ3n) is 9.05. The highest BCUT2D eigenvalue weighted by Crippen LogP contribution is 2.74. The second-order valence-corrected chi connectivity index (χ2v) is 11.2. The minimum absolute atomic E-state index is 0.149. The van der Waals surface area contributed by atoms with Crippen molar-refractivity contribution < 1.29 is 4.39 Å². The van der Waals surface area contributed by atoms with Crippen molar-refractivity contribution in [3.63, 3.8) is 0 Å². The number of rotatable bonds is 7. The van der Waals surface area contributed by atoms with Gasteiger partial charge in [-0.2, -0.15) is 0 Å². The number of nitrogens with zero attached hydrogens (tertiary/aromatic N) is 2. The molecule has 0 aromatic heterocycles. The van der Waals surface area contributed by atoms with Gasteiger partial charge in [-0.05, 0) is 66.5 Å². The van der Waals surface area contributed by atoms with Gasteiger partial charge in [0.05, 0.1) is 6.04 Å². The lowest BCUT2D eigenvalue weighted by atomic mass is 9.70. The zero-order valence-corrected chi connectivity index (χ0v) is 21.7. The number of benzene rings is 3. The first-order valence-corrected chi connectivity index (χ1v) is 13.5. The van der Waals surface area contributed by atoms with Crippen LogP contribution in [0.1, 0.15) is 30.4 Å². The van der Waals surface area contributed by atoms with Gasteiger partial charge in [-0.15, -0.1) is 0 Å². The summed E-state index contributed by atoms with van der Waals surface area (Å²) < 4.78 is 13.5. The number of fused-ring (bicyclic) bond motifs is 1. The molecule has 1 N–H and O–H groups in total. The molecule has 3 aromatic carbocycles. The van der Waals surface area contributed by atoms with Crippen molar-refractivity contribution in [1.29, 1.82) is 0 Å². The summed E-state index contributed by atoms with van der Waals surface area (Å²) in [6.45, 7) is 5.63. The van der Waals surface area contributed by atoms with E-state index in [0.29, 0.717) is 23.7 Å². The van der Waals surface area contributed by atoms with E-state index in [1.807, 2.05) is 19.2 Å². The molecule has 3 nitrogen and oxygen atoms in total. The molecule has 1 saturated heterocycles. The number of aliphatic imine (C=N–C) groups is 1. The Morgan fingerprint density at radius 1 is 1.00 bits per heavy atom. The molecule has 3 aromatic rings. The van der Waals surface area contributed by atoms with Crippen molar-refractivity contribution in [2.45, 2.75) is 31.8 Å². The molecule has 2 aliphatic carbocycles. The molecule has 0 amide bonds. The molecular weight excluding hydrogens is 457 g/mol. The van der Waals surface area contributed by atoms with E-state index >= 15 is 0 Å². The van der Waals surface area contributed by atoms with Gasteiger partial charge in [0.2, 0.25) is 0 Å². The molecule has 0 spiro atoms. The predicted octanol–water partition coefficient (Wildman–Crippen LogP) is 6.81. The molecule has 37 heavy (non-hydrogen) atoms. The molecule has 3 aliphatic rings. The SMILES string of the molecule is CN=CC1C[C@H](C23CN(Cc4ccccc4)CC2[C@H]3c2ccccc2)C(C)=CC1Nc1ccc(F)cc1. The van der Waals surface area contributed by atoms with E-state index in [4.69, 9.17) is 0 Å². The average molecular weight is 494 g/mol. The van der Waals surface area contributed by atoms with E-state index in [0.717, 1.165) is 31.7 Å². The van der Waals surface area contributed by atoms with Crippen molar-refractivity contribution in [2.24, 2.45) is 28.2 Å². The minimum atomic E-state index is -0.209. The Morgan fingerprint density at radius 2 is 1.70 bits per heavy atom. The van der Waals surface area contributed by atoms with Gasteiger partial charge in [-0.3, -0.25) is 4.90 Å². The van der Waals surface area contributed by atoms with Crippen LogP contribution in [0.15, 0.2) is 102 Å². The van der Waals surface area contributed by atoms with E-state index in [-0.39, 0.29) is 17.3 Å². The summed E-state index contributed by atoms with van der Waals surface area (Å²) in [5, 5.41) is 3.65. The molecule has 1 saturated carbocycles. The smallest absolute Gasteiger partial charge is 0.123 e. The lowest BCUT2D eigenvalue weighted by Crippen LogP contribution is -2.39. The molecule has 6 atom stereocenters. The molecule has 0 radical (unpaired) electrons. The van der Waals surface area contributed by atoms with Crippen molar-refractivity contribution in [3.8, 4) is 0 Å². The lowest BCUT2D eigenvalue weighted by Gasteiger charge is -2.39. The first-order chi connectivity index (χ1) is 18.1. The molecule has 1 heterocycles. The number of hydrogen-bond donors (Lipinski definition) is 1. The summed E-state index contributed by atoms with van der Waals surface area (Å²) in [5.74, 6) is 1.87. The van der Waals surface area contributed by atoms with Crippen molar-refractivity contribution in [2.75, 3.05) is 25.5 Å². The summed E-state index contributed by atoms with van der Waals surface area (Å²) >= 11 is 0. The summed E-state index contributed by atoms with van der Waals surface area (Å²) in [6.07, 6.45) is 5.63. The van der Waals surface area contributed by atoms with Gasteiger partial charge in [-0.25, -0.2) is 4.39 Å². The van der Waals surface area contributed by atoms with Crippen LogP contribution in [0, 0.1) is 29.0 Å². The van der Waals surface area contributed by atoms with Crippen LogP contribution in [0.2, 0.25) is 0 Å². The van der Waals surface area contributed by atoms with Gasteiger partial charge in [0, 0.05) is 49.9 Å². The quantitative estimate of drug-likeness (QED) is 0.289. The molecular formula is C33H36FN3. The predicted molar refractivity (Wildman–Crippen MR) is 150 cm³/mol. The van der Waals surface area contributed by atoms with Gasteiger partial charge in [0.25, 0.3) is 0 Å². The van der Waals surface area contributed by atoms with Crippen LogP contribution in [-0.2, 0) is 6.54 Å². The number of piperidine rings is 1. The summed E-state index contributed by atoms with van der Waals surface area (Å²) in [6, 6.07) is 28.9. The first kappa shape index (κ1) is 24.1. The van der Waals surface area contributed by atoms with Crippen LogP contribution in [0.25, 0.3) is 0 Å². The highest BCUT2D eigenvalue weighted by Gasteiger charge is 2.72. The van der Waals surface area contributed by atoms with Crippen LogP contribution in [0.5, 0.6) is 0 Å². The van der Waals surface area contributed by atoms with Crippen LogP contribution in [0.4, 0.5) is 10.1 Å². The second-order valence-electron chi connectivity index (χ2n) is 11.2. The molecule has 1 aliphatic heterocycles. The molecule has 190 valence electrons. The van der Waals surface area contributed by atoms with Gasteiger partial charge in [0.1, 0.15) is 5.82 Å². The van der Waals surface area contributed by atoms with Crippen LogP contribution < -0.4 is 5.32 Å². The van der Waals surface area contributed by atoms with Crippen molar-refractivity contribution in [3.05, 3.63) is 114 Å². The van der Waals surface area contributed by atoms with Crippen LogP contribution >= 0.6 is 0 Å². The number of anilines is 1. The summed E-state index contributed by atoms with van der Waals surface area (Å²) in [5.41, 5.74) is 5.57. The average Bonchev–Trinajstić information content (AvgIpc) is 3.38. The number of hydrogen-bond acceptors (Lipinski definition) is 3. The zero-order valence-electron chi connectivity index (χ0n) is 21.7. The topological polar surface area (TPSA) is 27.6 Å². The normalized spacial score (nSPS) is 31.2. The fraction of sp³-hybridized carbons (Fsp3) is 0.364. The summed E-state index contributed by atoms with van der Waals surface area (Å²) in [7, 11) is 1.87. The Hall–Kier alpha value is -3.24. The van der Waals surface area contributed by atoms with Crippen LogP contribution in [0.3, 0.4) is 0 Å². The largest absolute Gasteiger partial charge is 0.378 e. The number of likely N-dealkylation sites (tertiary alicyclic amines) is 1. The van der Waals surface area contributed by atoms with Gasteiger partial charge < -0.3 is 10.3 Å². The Kier molecular flexibility index (Phi) is 6.46. The van der Waals surface area contributed by atoms with Crippen molar-refractivity contribution >= 4 is 11.9 Å². The Bertz CT molecular complexity index is 1270. The standard InChI is InChI=1S/C33H36FN3/c1-23-17-31(36-28-15-13-27(34)14-16-28)26(19-35-2)18-29(23)33-22-37(20-24-9-5-3-6-10-24)21-30(33)32(33)25-11-7-4-8-12-25/h3-17,19,26,29-32,36H,18,20-22H2,1-2H3/t26?,29-,30?,31?,32+,33?/m0/s1. The van der Waals surface area contributed by atoms with E-state index in [2.05, 4.69) is 95.1 Å². The maximum atomic E-state index is 13.5. The molecule has 0 bridgehead atoms. The van der Waals surface area contributed by atoms with Crippen molar-refractivity contribution in [1.82, 2.24) is 4.90 Å². The number of nitrogens with one attached hydrogen (secondary N) is 1. The van der Waals surface area contributed by atoms with Gasteiger partial charge in [-0.1, -0.05) is 72.3 Å². The second kappa shape index (κ2) is 9.90. The maximum absolute atomic E-state index is 13.5. The highest BCUT2D eigenvalue weighted by atomic mass is 19.1. The Morgan fingerprint density at radius 3 is 2.41 bits per heavy atom. The lowest BCUT2D eigenvalue weighted by molar-refractivity contribution is 0.214. The molecule has 4 heteroatoms. The summed E-state index contributed by atoms with van der Waals surface area (Å²) in [4.78, 5) is 7.15. The fourth-order valence-electron chi connectivity index (χ4n) is 7.52. The Balaban J connectivity index is 1.30. The maximum Gasteiger partial charge on any atom is 0.123 e. The number of halogens is 1. The fourth-order valence-corrected chi connectivity index (χ4v) is 7.52. The van der Waals surface area contributed by atoms with E-state index in [1.54, 1.807) is 0 Å². The molecule has 6 rings (SSSR count). The van der Waals surface area contributed by atoms with E-state index < -0.39 is 0 Å². The van der Waals surface area contributed by atoms with Crippen LogP contribution in [-0.4, -0.2) is 37.3 Å². The minimum Gasteiger partial charge on any atom is -0.378 e. The number of allylic oxidation sites excluding steroid dienone is 1. The van der Waals surface area contributed by atoms with E-state index in [9.17, 15) is 4.39 Å². The first-order valence-electron chi connectivity index (χ1n) is 13.5. The third-order valence-corrected chi connectivity index (χ3v) is 9.05. The third kappa shape index (κ3) is 4.53.